The van der Waals surface area contributed by atoms with E-state index in [1.165, 1.54) is 12.1 Å². The first kappa shape index (κ1) is 11.6. The van der Waals surface area contributed by atoms with E-state index in [0.29, 0.717) is 12.4 Å². The number of hydrogen-bond acceptors (Lipinski definition) is 2. The Morgan fingerprint density at radius 1 is 1.41 bits per heavy atom. The highest BCUT2D eigenvalue weighted by molar-refractivity contribution is 5.17. The van der Waals surface area contributed by atoms with Crippen molar-refractivity contribution in [3.8, 4) is 5.75 Å². The maximum Gasteiger partial charge on any atom is 0.157 e. The summed E-state index contributed by atoms with van der Waals surface area (Å²) in [5.41, 5.74) is 0.813. The highest BCUT2D eigenvalue weighted by Gasteiger charge is 2.00. The van der Waals surface area contributed by atoms with Gasteiger partial charge in [-0.15, -0.1) is 0 Å². The normalized spacial score (nSPS) is 10.5. The molecule has 17 heavy (non-hydrogen) atoms. The molecule has 0 amide bonds. The zero-order valence-electron chi connectivity index (χ0n) is 9.77. The van der Waals surface area contributed by atoms with Crippen LogP contribution in [0, 0.1) is 5.82 Å². The minimum atomic E-state index is -0.243. The third-order valence-corrected chi connectivity index (χ3v) is 2.36. The smallest absolute Gasteiger partial charge is 0.157 e. The van der Waals surface area contributed by atoms with Crippen LogP contribution in [0.1, 0.15) is 18.9 Å². The third kappa shape index (κ3) is 3.31. The van der Waals surface area contributed by atoms with Crippen LogP contribution in [0.3, 0.4) is 0 Å². The summed E-state index contributed by atoms with van der Waals surface area (Å²) in [6.07, 6.45) is 4.56. The Balaban J connectivity index is 1.93. The fourth-order valence-corrected chi connectivity index (χ4v) is 1.56. The second-order valence-corrected chi connectivity index (χ2v) is 3.86. The number of nitrogens with zero attached hydrogens (tertiary/aromatic N) is 2. The molecule has 0 saturated heterocycles. The second-order valence-electron chi connectivity index (χ2n) is 3.86. The fourth-order valence-electron chi connectivity index (χ4n) is 1.56. The molecule has 0 fully saturated rings. The van der Waals surface area contributed by atoms with Gasteiger partial charge in [-0.1, -0.05) is 19.1 Å². The Labute approximate surface area is 99.8 Å². The van der Waals surface area contributed by atoms with Gasteiger partial charge in [0.15, 0.2) is 5.75 Å². The molecule has 0 atom stereocenters. The standard InChI is InChI=1S/C13H15FN2O/c1-2-6-16-9-13(8-15-16)17-10-11-4-3-5-12(14)7-11/h3-5,7-9H,2,6,10H2,1H3. The summed E-state index contributed by atoms with van der Waals surface area (Å²) in [5, 5.41) is 4.15. The molecule has 0 saturated carbocycles. The molecule has 0 unspecified atom stereocenters. The van der Waals surface area contributed by atoms with Crippen molar-refractivity contribution in [1.29, 1.82) is 0 Å². The maximum atomic E-state index is 12.9. The highest BCUT2D eigenvalue weighted by Crippen LogP contribution is 2.12. The first-order chi connectivity index (χ1) is 8.28. The average molecular weight is 234 g/mol. The Hall–Kier alpha value is -1.84. The van der Waals surface area contributed by atoms with Crippen LogP contribution in [0.4, 0.5) is 4.39 Å². The molecular weight excluding hydrogens is 219 g/mol. The molecule has 0 spiro atoms. The van der Waals surface area contributed by atoms with Gasteiger partial charge in [0.25, 0.3) is 0 Å². The summed E-state index contributed by atoms with van der Waals surface area (Å²) in [5.74, 6) is 0.468. The molecule has 0 radical (unpaired) electrons. The van der Waals surface area contributed by atoms with Gasteiger partial charge in [-0.2, -0.15) is 5.10 Å². The lowest BCUT2D eigenvalue weighted by Crippen LogP contribution is -1.96. The van der Waals surface area contributed by atoms with Crippen molar-refractivity contribution in [3.05, 3.63) is 48.0 Å². The largest absolute Gasteiger partial charge is 0.486 e. The van der Waals surface area contributed by atoms with Crippen molar-refractivity contribution >= 4 is 0 Å². The van der Waals surface area contributed by atoms with Gasteiger partial charge >= 0.3 is 0 Å². The summed E-state index contributed by atoms with van der Waals surface area (Å²) in [4.78, 5) is 0. The lowest BCUT2D eigenvalue weighted by Gasteiger charge is -2.03. The fraction of sp³-hybridized carbons (Fsp3) is 0.308. The van der Waals surface area contributed by atoms with E-state index in [1.54, 1.807) is 12.3 Å². The van der Waals surface area contributed by atoms with E-state index in [9.17, 15) is 4.39 Å². The molecule has 90 valence electrons. The van der Waals surface area contributed by atoms with Crippen molar-refractivity contribution in [3.63, 3.8) is 0 Å². The molecule has 0 aliphatic heterocycles. The second kappa shape index (κ2) is 5.48. The van der Waals surface area contributed by atoms with Crippen LogP contribution in [0.5, 0.6) is 5.75 Å². The van der Waals surface area contributed by atoms with Crippen LogP contribution in [-0.4, -0.2) is 9.78 Å². The number of halogens is 1. The number of aromatic nitrogens is 2. The molecule has 1 aromatic heterocycles. The Bertz CT molecular complexity index is 482. The van der Waals surface area contributed by atoms with Crippen molar-refractivity contribution in [2.24, 2.45) is 0 Å². The van der Waals surface area contributed by atoms with Crippen molar-refractivity contribution in [2.45, 2.75) is 26.5 Å². The SMILES string of the molecule is CCCn1cc(OCc2cccc(F)c2)cn1. The summed E-state index contributed by atoms with van der Waals surface area (Å²) in [6.45, 7) is 3.33. The summed E-state index contributed by atoms with van der Waals surface area (Å²) in [6, 6.07) is 6.40. The van der Waals surface area contributed by atoms with Crippen molar-refractivity contribution in [2.75, 3.05) is 0 Å². The van der Waals surface area contributed by atoms with Crippen LogP contribution in [0.25, 0.3) is 0 Å². The molecular formula is C13H15FN2O. The number of rotatable bonds is 5. The van der Waals surface area contributed by atoms with Gasteiger partial charge in [0.05, 0.1) is 12.4 Å². The van der Waals surface area contributed by atoms with Gasteiger partial charge in [0, 0.05) is 6.54 Å². The first-order valence-electron chi connectivity index (χ1n) is 5.67. The average Bonchev–Trinajstić information content (AvgIpc) is 2.75. The van der Waals surface area contributed by atoms with Crippen LogP contribution >= 0.6 is 0 Å². The molecule has 0 aliphatic rings. The predicted molar refractivity (Wildman–Crippen MR) is 63.3 cm³/mol. The first-order valence-corrected chi connectivity index (χ1v) is 5.67. The Morgan fingerprint density at radius 2 is 2.29 bits per heavy atom. The van der Waals surface area contributed by atoms with E-state index in [0.717, 1.165) is 18.5 Å². The van der Waals surface area contributed by atoms with Gasteiger partial charge in [-0.3, -0.25) is 4.68 Å². The molecule has 0 bridgehead atoms. The molecule has 0 N–H and O–H groups in total. The number of aryl methyl sites for hydroxylation is 1. The molecule has 1 aromatic carbocycles. The van der Waals surface area contributed by atoms with Crippen LogP contribution < -0.4 is 4.74 Å². The number of hydrogen-bond donors (Lipinski definition) is 0. The zero-order valence-corrected chi connectivity index (χ0v) is 9.77. The highest BCUT2D eigenvalue weighted by atomic mass is 19.1. The minimum Gasteiger partial charge on any atom is -0.486 e. The van der Waals surface area contributed by atoms with Crippen molar-refractivity contribution < 1.29 is 9.13 Å². The molecule has 3 nitrogen and oxygen atoms in total. The summed E-state index contributed by atoms with van der Waals surface area (Å²) >= 11 is 0. The number of ether oxygens (including phenoxy) is 1. The van der Waals surface area contributed by atoms with Gasteiger partial charge < -0.3 is 4.74 Å². The lowest BCUT2D eigenvalue weighted by molar-refractivity contribution is 0.305. The van der Waals surface area contributed by atoms with Gasteiger partial charge in [-0.25, -0.2) is 4.39 Å². The van der Waals surface area contributed by atoms with E-state index >= 15 is 0 Å². The number of benzene rings is 1. The predicted octanol–water partition coefficient (Wildman–Crippen LogP) is 3.01. The van der Waals surface area contributed by atoms with Gasteiger partial charge in [-0.05, 0) is 24.1 Å². The van der Waals surface area contributed by atoms with Gasteiger partial charge in [0.2, 0.25) is 0 Å². The van der Waals surface area contributed by atoms with Crippen LogP contribution in [-0.2, 0) is 13.2 Å². The summed E-state index contributed by atoms with van der Waals surface area (Å²) in [7, 11) is 0. The molecule has 0 aliphatic carbocycles. The van der Waals surface area contributed by atoms with Gasteiger partial charge in [0.1, 0.15) is 12.4 Å². The Kier molecular flexibility index (Phi) is 3.75. The molecule has 2 rings (SSSR count). The maximum absolute atomic E-state index is 12.9. The topological polar surface area (TPSA) is 27.1 Å². The van der Waals surface area contributed by atoms with E-state index in [4.69, 9.17) is 4.74 Å². The van der Waals surface area contributed by atoms with Crippen LogP contribution in [0.2, 0.25) is 0 Å². The summed E-state index contributed by atoms with van der Waals surface area (Å²) < 4.78 is 20.3. The minimum absolute atomic E-state index is 0.243. The van der Waals surface area contributed by atoms with Crippen LogP contribution in [0.15, 0.2) is 36.7 Å². The van der Waals surface area contributed by atoms with Crippen molar-refractivity contribution in [1.82, 2.24) is 9.78 Å². The van der Waals surface area contributed by atoms with E-state index < -0.39 is 0 Å². The third-order valence-electron chi connectivity index (χ3n) is 2.36. The van der Waals surface area contributed by atoms with E-state index in [1.807, 2.05) is 16.9 Å². The molecule has 1 heterocycles. The van der Waals surface area contributed by atoms with E-state index in [-0.39, 0.29) is 5.82 Å². The Morgan fingerprint density at radius 3 is 3.06 bits per heavy atom. The zero-order chi connectivity index (χ0) is 12.1. The molecule has 2 aromatic rings. The monoisotopic (exact) mass is 234 g/mol. The van der Waals surface area contributed by atoms with E-state index in [2.05, 4.69) is 12.0 Å². The molecule has 4 heteroatoms. The lowest BCUT2D eigenvalue weighted by atomic mass is 10.2. The quantitative estimate of drug-likeness (QED) is 0.795.